The minimum absolute atomic E-state index is 0.0922. The van der Waals surface area contributed by atoms with Crippen LogP contribution in [0.4, 0.5) is 0 Å². The first kappa shape index (κ1) is 18.3. The molecule has 2 atom stereocenters. The van der Waals surface area contributed by atoms with Gasteiger partial charge in [-0.1, -0.05) is 6.42 Å². The van der Waals surface area contributed by atoms with Gasteiger partial charge in [0.25, 0.3) is 10.2 Å². The lowest BCUT2D eigenvalue weighted by atomic mass is 10.2. The van der Waals surface area contributed by atoms with Gasteiger partial charge >= 0.3 is 5.97 Å². The zero-order valence-corrected chi connectivity index (χ0v) is 13.8. The number of ether oxygens (including phenoxy) is 2. The van der Waals surface area contributed by atoms with Gasteiger partial charge in [-0.05, 0) is 26.7 Å². The van der Waals surface area contributed by atoms with E-state index in [-0.39, 0.29) is 18.2 Å². The van der Waals surface area contributed by atoms with Crippen molar-refractivity contribution in [2.45, 2.75) is 51.7 Å². The molecule has 2 unspecified atom stereocenters. The molecule has 7 nitrogen and oxygen atoms in total. The number of morpholine rings is 1. The Bertz CT molecular complexity index is 416. The molecule has 0 aromatic carbocycles. The second-order valence-electron chi connectivity index (χ2n) is 5.36. The van der Waals surface area contributed by atoms with Crippen molar-refractivity contribution >= 4 is 16.2 Å². The molecule has 1 aliphatic heterocycles. The van der Waals surface area contributed by atoms with E-state index in [0.29, 0.717) is 38.9 Å². The SMILES string of the molecule is COC(=O)CCCCCNS(=O)(=O)N1CC(C)OC(C)C1. The van der Waals surface area contributed by atoms with Crippen LogP contribution in [0.2, 0.25) is 0 Å². The Balaban J connectivity index is 2.25. The van der Waals surface area contributed by atoms with Crippen molar-refractivity contribution in [3.05, 3.63) is 0 Å². The van der Waals surface area contributed by atoms with E-state index in [1.54, 1.807) is 0 Å². The molecule has 1 aliphatic rings. The summed E-state index contributed by atoms with van der Waals surface area (Å²) in [5, 5.41) is 0. The predicted molar refractivity (Wildman–Crippen MR) is 79.0 cm³/mol. The van der Waals surface area contributed by atoms with Gasteiger partial charge in [0.1, 0.15) is 0 Å². The number of nitrogens with one attached hydrogen (secondary N) is 1. The number of rotatable bonds is 8. The lowest BCUT2D eigenvalue weighted by Crippen LogP contribution is -2.52. The highest BCUT2D eigenvalue weighted by molar-refractivity contribution is 7.87. The molecule has 1 N–H and O–H groups in total. The van der Waals surface area contributed by atoms with E-state index in [1.165, 1.54) is 11.4 Å². The number of methoxy groups -OCH3 is 1. The first-order chi connectivity index (χ1) is 9.85. The zero-order chi connectivity index (χ0) is 15.9. The zero-order valence-electron chi connectivity index (χ0n) is 13.0. The van der Waals surface area contributed by atoms with Crippen LogP contribution in [-0.2, 0) is 24.5 Å². The number of nitrogens with zero attached hydrogens (tertiary/aromatic N) is 1. The summed E-state index contributed by atoms with van der Waals surface area (Å²) in [4.78, 5) is 10.9. The van der Waals surface area contributed by atoms with Crippen LogP contribution in [0.1, 0.15) is 39.5 Å². The number of carbonyl (C=O) groups is 1. The van der Waals surface area contributed by atoms with Crippen molar-refractivity contribution in [2.75, 3.05) is 26.7 Å². The van der Waals surface area contributed by atoms with Crippen LogP contribution in [0.5, 0.6) is 0 Å². The number of unbranched alkanes of at least 4 members (excludes halogenated alkanes) is 2. The molecule has 124 valence electrons. The standard InChI is InChI=1S/C13H26N2O5S/c1-11-9-15(10-12(2)20-11)21(17,18)14-8-6-4-5-7-13(16)19-3/h11-12,14H,4-10H2,1-3H3. The first-order valence-corrected chi connectivity index (χ1v) is 8.76. The maximum atomic E-state index is 12.1. The lowest BCUT2D eigenvalue weighted by molar-refractivity contribution is -0.140. The third-order valence-electron chi connectivity index (χ3n) is 3.30. The number of hydrogen-bond acceptors (Lipinski definition) is 5. The van der Waals surface area contributed by atoms with E-state index in [9.17, 15) is 13.2 Å². The molecule has 0 saturated carbocycles. The van der Waals surface area contributed by atoms with Crippen LogP contribution in [0.25, 0.3) is 0 Å². The van der Waals surface area contributed by atoms with Gasteiger partial charge in [-0.3, -0.25) is 4.79 Å². The van der Waals surface area contributed by atoms with Crippen LogP contribution in [-0.4, -0.2) is 57.6 Å². The quantitative estimate of drug-likeness (QED) is 0.524. The maximum absolute atomic E-state index is 12.1. The molecule has 1 rings (SSSR count). The van der Waals surface area contributed by atoms with Crippen molar-refractivity contribution in [2.24, 2.45) is 0 Å². The Morgan fingerprint density at radius 2 is 1.86 bits per heavy atom. The number of esters is 1. The Morgan fingerprint density at radius 3 is 2.43 bits per heavy atom. The highest BCUT2D eigenvalue weighted by Crippen LogP contribution is 2.13. The molecular weight excluding hydrogens is 296 g/mol. The summed E-state index contributed by atoms with van der Waals surface area (Å²) in [7, 11) is -2.08. The van der Waals surface area contributed by atoms with Gasteiger partial charge in [-0.15, -0.1) is 0 Å². The maximum Gasteiger partial charge on any atom is 0.305 e. The molecule has 0 radical (unpaired) electrons. The van der Waals surface area contributed by atoms with Gasteiger partial charge in [-0.2, -0.15) is 12.7 Å². The van der Waals surface area contributed by atoms with Crippen molar-refractivity contribution in [3.63, 3.8) is 0 Å². The summed E-state index contributed by atoms with van der Waals surface area (Å²) in [5.41, 5.74) is 0. The molecule has 8 heteroatoms. The van der Waals surface area contributed by atoms with Crippen molar-refractivity contribution < 1.29 is 22.7 Å². The monoisotopic (exact) mass is 322 g/mol. The van der Waals surface area contributed by atoms with Gasteiger partial charge in [-0.25, -0.2) is 4.72 Å². The highest BCUT2D eigenvalue weighted by Gasteiger charge is 2.30. The number of hydrogen-bond donors (Lipinski definition) is 1. The molecule has 21 heavy (non-hydrogen) atoms. The van der Waals surface area contributed by atoms with E-state index < -0.39 is 10.2 Å². The molecule has 1 fully saturated rings. The van der Waals surface area contributed by atoms with Crippen LogP contribution < -0.4 is 4.72 Å². The molecule has 1 heterocycles. The van der Waals surface area contributed by atoms with Gasteiger partial charge in [0.2, 0.25) is 0 Å². The molecule has 0 aromatic heterocycles. The summed E-state index contributed by atoms with van der Waals surface area (Å²) in [6, 6.07) is 0. The van der Waals surface area contributed by atoms with Gasteiger partial charge in [0, 0.05) is 26.1 Å². The van der Waals surface area contributed by atoms with Crippen LogP contribution >= 0.6 is 0 Å². The summed E-state index contributed by atoms with van der Waals surface area (Å²) >= 11 is 0. The largest absolute Gasteiger partial charge is 0.469 e. The Kier molecular flexibility index (Phi) is 7.58. The molecule has 0 bridgehead atoms. The fraction of sp³-hybridized carbons (Fsp3) is 0.923. The fourth-order valence-corrected chi connectivity index (χ4v) is 3.69. The lowest BCUT2D eigenvalue weighted by Gasteiger charge is -2.34. The summed E-state index contributed by atoms with van der Waals surface area (Å²) in [6.07, 6.45) is 2.39. The van der Waals surface area contributed by atoms with Crippen molar-refractivity contribution in [1.82, 2.24) is 9.03 Å². The summed E-state index contributed by atoms with van der Waals surface area (Å²) in [6.45, 7) is 4.86. The number of carbonyl (C=O) groups excluding carboxylic acids is 1. The van der Waals surface area contributed by atoms with E-state index in [2.05, 4.69) is 9.46 Å². The first-order valence-electron chi connectivity index (χ1n) is 7.32. The topological polar surface area (TPSA) is 84.9 Å². The van der Waals surface area contributed by atoms with E-state index >= 15 is 0 Å². The molecule has 0 aliphatic carbocycles. The fourth-order valence-electron chi connectivity index (χ4n) is 2.29. The second kappa shape index (κ2) is 8.67. The van der Waals surface area contributed by atoms with E-state index in [1.807, 2.05) is 13.8 Å². The summed E-state index contributed by atoms with van der Waals surface area (Å²) < 4.78 is 38.4. The Hall–Kier alpha value is -0.700. The molecular formula is C13H26N2O5S. The van der Waals surface area contributed by atoms with Crippen LogP contribution in [0, 0.1) is 0 Å². The molecule has 0 spiro atoms. The van der Waals surface area contributed by atoms with Crippen molar-refractivity contribution in [3.8, 4) is 0 Å². The Morgan fingerprint density at radius 1 is 1.24 bits per heavy atom. The molecule has 1 saturated heterocycles. The van der Waals surface area contributed by atoms with E-state index in [4.69, 9.17) is 4.74 Å². The summed E-state index contributed by atoms with van der Waals surface area (Å²) in [5.74, 6) is -0.230. The second-order valence-corrected chi connectivity index (χ2v) is 7.12. The Labute approximate surface area is 127 Å². The van der Waals surface area contributed by atoms with Gasteiger partial charge in [0.15, 0.2) is 0 Å². The smallest absolute Gasteiger partial charge is 0.305 e. The third-order valence-corrected chi connectivity index (χ3v) is 4.84. The minimum Gasteiger partial charge on any atom is -0.469 e. The molecule has 0 amide bonds. The normalized spacial score (nSPS) is 24.0. The van der Waals surface area contributed by atoms with Crippen molar-refractivity contribution in [1.29, 1.82) is 0 Å². The third kappa shape index (κ3) is 6.73. The highest BCUT2D eigenvalue weighted by atomic mass is 32.2. The average Bonchev–Trinajstić information content (AvgIpc) is 2.41. The predicted octanol–water partition coefficient (Wildman–Crippen LogP) is 0.663. The average molecular weight is 322 g/mol. The molecule has 0 aromatic rings. The van der Waals surface area contributed by atoms with E-state index in [0.717, 1.165) is 6.42 Å². The van der Waals surface area contributed by atoms with Crippen LogP contribution in [0.3, 0.4) is 0 Å². The minimum atomic E-state index is -3.45. The van der Waals surface area contributed by atoms with Gasteiger partial charge < -0.3 is 9.47 Å². The van der Waals surface area contributed by atoms with Gasteiger partial charge in [0.05, 0.1) is 19.3 Å². The van der Waals surface area contributed by atoms with Crippen LogP contribution in [0.15, 0.2) is 0 Å².